The van der Waals surface area contributed by atoms with Crippen LogP contribution in [0.3, 0.4) is 0 Å². The summed E-state index contributed by atoms with van der Waals surface area (Å²) in [4.78, 5) is 0. The third-order valence-electron chi connectivity index (χ3n) is 3.72. The lowest BCUT2D eigenvalue weighted by Crippen LogP contribution is -2.39. The van der Waals surface area contributed by atoms with E-state index in [0.717, 1.165) is 17.8 Å². The molecule has 2 saturated heterocycles. The van der Waals surface area contributed by atoms with Gasteiger partial charge in [0.1, 0.15) is 0 Å². The molecule has 13 heavy (non-hydrogen) atoms. The van der Waals surface area contributed by atoms with Crippen molar-refractivity contribution in [3.8, 4) is 0 Å². The Morgan fingerprint density at radius 3 is 2.62 bits per heavy atom. The molecule has 2 rings (SSSR count). The molecule has 1 N–H and O–H groups in total. The number of thioether (sulfide) groups is 1. The molecular weight excluding hydrogens is 178 g/mol. The van der Waals surface area contributed by atoms with E-state index >= 15 is 0 Å². The van der Waals surface area contributed by atoms with E-state index in [-0.39, 0.29) is 0 Å². The average molecular weight is 199 g/mol. The maximum Gasteiger partial charge on any atom is -0.00204 e. The molecule has 0 aromatic heterocycles. The summed E-state index contributed by atoms with van der Waals surface area (Å²) in [5.41, 5.74) is 0. The maximum atomic E-state index is 3.50. The molecule has 0 saturated carbocycles. The van der Waals surface area contributed by atoms with Crippen molar-refractivity contribution in [2.45, 2.75) is 26.2 Å². The molecule has 2 aliphatic rings. The minimum absolute atomic E-state index is 0.918. The number of nitrogens with one attached hydrogen (secondary N) is 1. The molecule has 0 aliphatic carbocycles. The third kappa shape index (κ3) is 2.41. The second kappa shape index (κ2) is 4.70. The summed E-state index contributed by atoms with van der Waals surface area (Å²) >= 11 is 2.15. The Kier molecular flexibility index (Phi) is 3.56. The van der Waals surface area contributed by atoms with E-state index in [1.165, 1.54) is 43.9 Å². The molecule has 2 unspecified atom stereocenters. The zero-order chi connectivity index (χ0) is 9.10. The molecular formula is C11H21NS. The first-order valence-corrected chi connectivity index (χ1v) is 6.82. The van der Waals surface area contributed by atoms with Crippen LogP contribution in [0.2, 0.25) is 0 Å². The number of hydrogen-bond donors (Lipinski definition) is 1. The molecule has 0 aromatic carbocycles. The Labute approximate surface area is 86.0 Å². The normalized spacial score (nSPS) is 37.6. The lowest BCUT2D eigenvalue weighted by molar-refractivity contribution is 0.178. The lowest BCUT2D eigenvalue weighted by Gasteiger charge is -2.37. The standard InChI is InChI=1S/C11H21NS/c1-9-8-12-5-2-11(9)10-3-6-13-7-4-10/h9-12H,2-8H2,1H3. The van der Waals surface area contributed by atoms with Gasteiger partial charge in [0.05, 0.1) is 0 Å². The van der Waals surface area contributed by atoms with Gasteiger partial charge in [-0.3, -0.25) is 0 Å². The van der Waals surface area contributed by atoms with Crippen LogP contribution in [-0.2, 0) is 0 Å². The van der Waals surface area contributed by atoms with Gasteiger partial charge < -0.3 is 5.32 Å². The van der Waals surface area contributed by atoms with Gasteiger partial charge in [0, 0.05) is 0 Å². The van der Waals surface area contributed by atoms with Crippen molar-refractivity contribution in [1.82, 2.24) is 5.32 Å². The number of hydrogen-bond acceptors (Lipinski definition) is 2. The van der Waals surface area contributed by atoms with Crippen LogP contribution in [-0.4, -0.2) is 24.6 Å². The third-order valence-corrected chi connectivity index (χ3v) is 4.77. The van der Waals surface area contributed by atoms with Gasteiger partial charge in [0.25, 0.3) is 0 Å². The van der Waals surface area contributed by atoms with Crippen molar-refractivity contribution >= 4 is 11.8 Å². The molecule has 2 heterocycles. The quantitative estimate of drug-likeness (QED) is 0.696. The zero-order valence-electron chi connectivity index (χ0n) is 8.59. The predicted molar refractivity (Wildman–Crippen MR) is 60.2 cm³/mol. The first-order valence-electron chi connectivity index (χ1n) is 5.66. The Morgan fingerprint density at radius 1 is 1.15 bits per heavy atom. The van der Waals surface area contributed by atoms with Crippen molar-refractivity contribution in [3.05, 3.63) is 0 Å². The second-order valence-electron chi connectivity index (χ2n) is 4.58. The minimum atomic E-state index is 0.918. The van der Waals surface area contributed by atoms with Crippen molar-refractivity contribution in [2.75, 3.05) is 24.6 Å². The van der Waals surface area contributed by atoms with Gasteiger partial charge in [0.15, 0.2) is 0 Å². The van der Waals surface area contributed by atoms with Crippen LogP contribution in [0, 0.1) is 17.8 Å². The summed E-state index contributed by atoms with van der Waals surface area (Å²) in [6, 6.07) is 0. The topological polar surface area (TPSA) is 12.0 Å². The minimum Gasteiger partial charge on any atom is -0.316 e. The van der Waals surface area contributed by atoms with Gasteiger partial charge in [-0.25, -0.2) is 0 Å². The molecule has 0 spiro atoms. The van der Waals surface area contributed by atoms with Gasteiger partial charge in [0.2, 0.25) is 0 Å². The van der Waals surface area contributed by atoms with Crippen molar-refractivity contribution in [3.63, 3.8) is 0 Å². The molecule has 0 amide bonds. The lowest BCUT2D eigenvalue weighted by atomic mass is 9.75. The maximum absolute atomic E-state index is 3.50. The van der Waals surface area contributed by atoms with Crippen LogP contribution >= 0.6 is 11.8 Å². The molecule has 0 aromatic rings. The first kappa shape index (κ1) is 9.85. The molecule has 2 fully saturated rings. The second-order valence-corrected chi connectivity index (χ2v) is 5.81. The van der Waals surface area contributed by atoms with Crippen LogP contribution in [0.25, 0.3) is 0 Å². The fraction of sp³-hybridized carbons (Fsp3) is 1.00. The van der Waals surface area contributed by atoms with E-state index in [0.29, 0.717) is 0 Å². The highest BCUT2D eigenvalue weighted by molar-refractivity contribution is 7.99. The number of rotatable bonds is 1. The van der Waals surface area contributed by atoms with E-state index in [1.807, 2.05) is 0 Å². The summed E-state index contributed by atoms with van der Waals surface area (Å²) in [7, 11) is 0. The van der Waals surface area contributed by atoms with Gasteiger partial charge in [-0.2, -0.15) is 11.8 Å². The van der Waals surface area contributed by atoms with Crippen molar-refractivity contribution < 1.29 is 0 Å². The molecule has 2 aliphatic heterocycles. The average Bonchev–Trinajstić information content (AvgIpc) is 2.20. The largest absolute Gasteiger partial charge is 0.316 e. The molecule has 0 radical (unpaired) electrons. The Morgan fingerprint density at radius 2 is 1.92 bits per heavy atom. The fourth-order valence-corrected chi connectivity index (χ4v) is 4.02. The van der Waals surface area contributed by atoms with Gasteiger partial charge >= 0.3 is 0 Å². The predicted octanol–water partition coefficient (Wildman–Crippen LogP) is 2.38. The molecule has 1 nitrogen and oxygen atoms in total. The Bertz CT molecular complexity index is 154. The monoisotopic (exact) mass is 199 g/mol. The highest BCUT2D eigenvalue weighted by atomic mass is 32.2. The van der Waals surface area contributed by atoms with Gasteiger partial charge in [-0.1, -0.05) is 6.92 Å². The van der Waals surface area contributed by atoms with E-state index in [2.05, 4.69) is 24.0 Å². The summed E-state index contributed by atoms with van der Waals surface area (Å²) in [5, 5.41) is 3.50. The van der Waals surface area contributed by atoms with Gasteiger partial charge in [-0.05, 0) is 61.6 Å². The van der Waals surface area contributed by atoms with E-state index in [1.54, 1.807) is 0 Å². The van der Waals surface area contributed by atoms with Crippen LogP contribution in [0.1, 0.15) is 26.2 Å². The fourth-order valence-electron chi connectivity index (χ4n) is 2.88. The molecule has 2 atom stereocenters. The van der Waals surface area contributed by atoms with Crippen molar-refractivity contribution in [1.29, 1.82) is 0 Å². The SMILES string of the molecule is CC1CNCCC1C1CCSCC1. The van der Waals surface area contributed by atoms with Crippen molar-refractivity contribution in [2.24, 2.45) is 17.8 Å². The van der Waals surface area contributed by atoms with E-state index in [9.17, 15) is 0 Å². The summed E-state index contributed by atoms with van der Waals surface area (Å²) in [6.45, 7) is 4.95. The Hall–Kier alpha value is 0.310. The summed E-state index contributed by atoms with van der Waals surface area (Å²) in [6.07, 6.45) is 4.40. The van der Waals surface area contributed by atoms with Crippen LogP contribution < -0.4 is 5.32 Å². The highest BCUT2D eigenvalue weighted by Crippen LogP contribution is 2.35. The smallest absolute Gasteiger partial charge is 0.00204 e. The molecule has 76 valence electrons. The van der Waals surface area contributed by atoms with E-state index < -0.39 is 0 Å². The molecule has 0 bridgehead atoms. The van der Waals surface area contributed by atoms with E-state index in [4.69, 9.17) is 0 Å². The summed E-state index contributed by atoms with van der Waals surface area (Å²) < 4.78 is 0. The zero-order valence-corrected chi connectivity index (χ0v) is 9.41. The van der Waals surface area contributed by atoms with Crippen LogP contribution in [0.4, 0.5) is 0 Å². The number of piperidine rings is 1. The van der Waals surface area contributed by atoms with Crippen LogP contribution in [0.5, 0.6) is 0 Å². The van der Waals surface area contributed by atoms with Crippen LogP contribution in [0.15, 0.2) is 0 Å². The Balaban J connectivity index is 1.88. The first-order chi connectivity index (χ1) is 6.38. The highest BCUT2D eigenvalue weighted by Gasteiger charge is 2.29. The summed E-state index contributed by atoms with van der Waals surface area (Å²) in [5.74, 6) is 5.84. The molecule has 2 heteroatoms. The van der Waals surface area contributed by atoms with Gasteiger partial charge in [-0.15, -0.1) is 0 Å².